The number of carbonyl (C=O) groups is 1. The van der Waals surface area contributed by atoms with Crippen molar-refractivity contribution in [2.75, 3.05) is 18.4 Å². The summed E-state index contributed by atoms with van der Waals surface area (Å²) in [5.41, 5.74) is 0.724. The maximum atomic E-state index is 12.4. The number of pyridine rings is 1. The molecule has 2 rings (SSSR count). The highest BCUT2D eigenvalue weighted by Gasteiger charge is 2.30. The normalized spacial score (nSPS) is 23.2. The van der Waals surface area contributed by atoms with Crippen molar-refractivity contribution in [3.8, 4) is 0 Å². The molecule has 98 valence electrons. The second kappa shape index (κ2) is 5.38. The summed E-state index contributed by atoms with van der Waals surface area (Å²) >= 11 is 0. The minimum atomic E-state index is 0.119. The van der Waals surface area contributed by atoms with Crippen molar-refractivity contribution in [1.29, 1.82) is 0 Å². The number of nitrogens with one attached hydrogen (secondary N) is 1. The van der Waals surface area contributed by atoms with Gasteiger partial charge in [-0.05, 0) is 38.3 Å². The van der Waals surface area contributed by atoms with Gasteiger partial charge in [0.1, 0.15) is 5.82 Å². The van der Waals surface area contributed by atoms with Crippen LogP contribution in [0.25, 0.3) is 0 Å². The molecule has 0 spiro atoms. The third kappa shape index (κ3) is 2.63. The van der Waals surface area contributed by atoms with E-state index in [1.807, 2.05) is 17.9 Å². The number of carbonyl (C=O) groups excluding carboxylic acids is 1. The van der Waals surface area contributed by atoms with E-state index in [1.165, 1.54) is 0 Å². The number of aromatic nitrogens is 1. The van der Waals surface area contributed by atoms with Gasteiger partial charge in [0.25, 0.3) is 5.91 Å². The van der Waals surface area contributed by atoms with Crippen LogP contribution in [0.4, 0.5) is 5.82 Å². The average molecular weight is 247 g/mol. The molecule has 18 heavy (non-hydrogen) atoms. The van der Waals surface area contributed by atoms with Gasteiger partial charge >= 0.3 is 0 Å². The molecule has 1 aromatic heterocycles. The Morgan fingerprint density at radius 3 is 2.94 bits per heavy atom. The monoisotopic (exact) mass is 247 g/mol. The molecule has 2 atom stereocenters. The minimum absolute atomic E-state index is 0.119. The zero-order valence-electron chi connectivity index (χ0n) is 11.3. The van der Waals surface area contributed by atoms with E-state index in [1.54, 1.807) is 12.3 Å². The number of hydrogen-bond acceptors (Lipinski definition) is 3. The molecule has 1 N–H and O–H groups in total. The number of amides is 1. The predicted octanol–water partition coefficient (Wildman–Crippen LogP) is 2.38. The van der Waals surface area contributed by atoms with Gasteiger partial charge in [-0.2, -0.15) is 0 Å². The van der Waals surface area contributed by atoms with E-state index in [2.05, 4.69) is 24.1 Å². The molecule has 0 saturated carbocycles. The minimum Gasteiger partial charge on any atom is -0.370 e. The van der Waals surface area contributed by atoms with Crippen LogP contribution in [-0.2, 0) is 0 Å². The maximum Gasteiger partial charge on any atom is 0.254 e. The van der Waals surface area contributed by atoms with Crippen LogP contribution < -0.4 is 5.32 Å². The standard InChI is InChI=1S/C14H21N3O/c1-4-15-13-8-12(5-6-16-13)14(18)17-9-10(2)7-11(17)3/h5-6,8,10-11H,4,7,9H2,1-3H3,(H,15,16). The zero-order chi connectivity index (χ0) is 13.1. The molecule has 0 radical (unpaired) electrons. The molecule has 4 nitrogen and oxygen atoms in total. The molecule has 1 aliphatic heterocycles. The topological polar surface area (TPSA) is 45.2 Å². The van der Waals surface area contributed by atoms with Gasteiger partial charge in [-0.1, -0.05) is 6.92 Å². The lowest BCUT2D eigenvalue weighted by Crippen LogP contribution is -2.34. The molecule has 4 heteroatoms. The van der Waals surface area contributed by atoms with Crippen LogP contribution in [0.1, 0.15) is 37.6 Å². The smallest absolute Gasteiger partial charge is 0.254 e. The fourth-order valence-electron chi connectivity index (χ4n) is 2.59. The molecule has 1 amide bonds. The Morgan fingerprint density at radius 1 is 1.56 bits per heavy atom. The van der Waals surface area contributed by atoms with Gasteiger partial charge in [-0.25, -0.2) is 4.98 Å². The molecular weight excluding hydrogens is 226 g/mol. The Morgan fingerprint density at radius 2 is 2.33 bits per heavy atom. The maximum absolute atomic E-state index is 12.4. The van der Waals surface area contributed by atoms with E-state index in [-0.39, 0.29) is 5.91 Å². The van der Waals surface area contributed by atoms with Crippen LogP contribution >= 0.6 is 0 Å². The summed E-state index contributed by atoms with van der Waals surface area (Å²) in [6.07, 6.45) is 2.78. The molecule has 0 bridgehead atoms. The van der Waals surface area contributed by atoms with Crippen molar-refractivity contribution >= 4 is 11.7 Å². The Kier molecular flexibility index (Phi) is 3.84. The SMILES string of the molecule is CCNc1cc(C(=O)N2CC(C)CC2C)ccn1. The van der Waals surface area contributed by atoms with E-state index in [0.717, 1.165) is 30.9 Å². The van der Waals surface area contributed by atoms with Crippen molar-refractivity contribution < 1.29 is 4.79 Å². The summed E-state index contributed by atoms with van der Waals surface area (Å²) in [5, 5.41) is 3.13. The lowest BCUT2D eigenvalue weighted by molar-refractivity contribution is 0.0743. The van der Waals surface area contributed by atoms with Gasteiger partial charge in [0.05, 0.1) is 0 Å². The predicted molar refractivity (Wildman–Crippen MR) is 72.7 cm³/mol. The molecule has 1 fully saturated rings. The van der Waals surface area contributed by atoms with E-state index < -0.39 is 0 Å². The summed E-state index contributed by atoms with van der Waals surface area (Å²) in [6, 6.07) is 3.96. The number of anilines is 1. The summed E-state index contributed by atoms with van der Waals surface area (Å²) in [5.74, 6) is 1.48. The van der Waals surface area contributed by atoms with Crippen molar-refractivity contribution in [2.45, 2.75) is 33.2 Å². The zero-order valence-corrected chi connectivity index (χ0v) is 11.3. The molecular formula is C14H21N3O. The quantitative estimate of drug-likeness (QED) is 0.892. The van der Waals surface area contributed by atoms with Crippen LogP contribution in [0.3, 0.4) is 0 Å². The number of likely N-dealkylation sites (tertiary alicyclic amines) is 1. The van der Waals surface area contributed by atoms with Gasteiger partial charge in [-0.15, -0.1) is 0 Å². The summed E-state index contributed by atoms with van der Waals surface area (Å²) in [6.45, 7) is 8.00. The largest absolute Gasteiger partial charge is 0.370 e. The fraction of sp³-hybridized carbons (Fsp3) is 0.571. The van der Waals surface area contributed by atoms with Crippen molar-refractivity contribution in [3.63, 3.8) is 0 Å². The second-order valence-electron chi connectivity index (χ2n) is 5.11. The van der Waals surface area contributed by atoms with Crippen LogP contribution in [0, 0.1) is 5.92 Å². The van der Waals surface area contributed by atoms with Gasteiger partial charge in [0.15, 0.2) is 0 Å². The van der Waals surface area contributed by atoms with Crippen LogP contribution in [0.15, 0.2) is 18.3 Å². The summed E-state index contributed by atoms with van der Waals surface area (Å²) < 4.78 is 0. The van der Waals surface area contributed by atoms with E-state index in [0.29, 0.717) is 12.0 Å². The first-order valence-corrected chi connectivity index (χ1v) is 6.62. The number of nitrogens with zero attached hydrogens (tertiary/aromatic N) is 2. The van der Waals surface area contributed by atoms with Crippen molar-refractivity contribution in [2.24, 2.45) is 5.92 Å². The number of hydrogen-bond donors (Lipinski definition) is 1. The Bertz CT molecular complexity index is 433. The average Bonchev–Trinajstić information content (AvgIpc) is 2.68. The summed E-state index contributed by atoms with van der Waals surface area (Å²) in [7, 11) is 0. The van der Waals surface area contributed by atoms with Gasteiger partial charge in [0, 0.05) is 30.9 Å². The lowest BCUT2D eigenvalue weighted by atomic mass is 10.1. The Labute approximate surface area is 108 Å². The van der Waals surface area contributed by atoms with Crippen LogP contribution in [0.5, 0.6) is 0 Å². The highest BCUT2D eigenvalue weighted by Crippen LogP contribution is 2.24. The van der Waals surface area contributed by atoms with Crippen molar-refractivity contribution in [1.82, 2.24) is 9.88 Å². The van der Waals surface area contributed by atoms with Gasteiger partial charge in [-0.3, -0.25) is 4.79 Å². The molecule has 1 saturated heterocycles. The van der Waals surface area contributed by atoms with Gasteiger partial charge < -0.3 is 10.2 Å². The fourth-order valence-corrected chi connectivity index (χ4v) is 2.59. The van der Waals surface area contributed by atoms with E-state index >= 15 is 0 Å². The molecule has 0 aliphatic carbocycles. The second-order valence-corrected chi connectivity index (χ2v) is 5.11. The van der Waals surface area contributed by atoms with E-state index in [4.69, 9.17) is 0 Å². The third-order valence-corrected chi connectivity index (χ3v) is 3.41. The first kappa shape index (κ1) is 12.9. The Hall–Kier alpha value is -1.58. The Balaban J connectivity index is 2.15. The third-order valence-electron chi connectivity index (χ3n) is 3.41. The van der Waals surface area contributed by atoms with Gasteiger partial charge in [0.2, 0.25) is 0 Å². The van der Waals surface area contributed by atoms with Crippen molar-refractivity contribution in [3.05, 3.63) is 23.9 Å². The molecule has 2 unspecified atom stereocenters. The first-order valence-electron chi connectivity index (χ1n) is 6.62. The molecule has 1 aliphatic rings. The molecule has 0 aromatic carbocycles. The van der Waals surface area contributed by atoms with E-state index in [9.17, 15) is 4.79 Å². The highest BCUT2D eigenvalue weighted by atomic mass is 16.2. The van der Waals surface area contributed by atoms with Crippen LogP contribution in [-0.4, -0.2) is 34.9 Å². The molecule has 1 aromatic rings. The van der Waals surface area contributed by atoms with Crippen LogP contribution in [0.2, 0.25) is 0 Å². The lowest BCUT2D eigenvalue weighted by Gasteiger charge is -2.21. The highest BCUT2D eigenvalue weighted by molar-refractivity contribution is 5.95. The molecule has 2 heterocycles. The summed E-state index contributed by atoms with van der Waals surface area (Å²) in [4.78, 5) is 18.6. The first-order chi connectivity index (χ1) is 8.61. The number of rotatable bonds is 3.